The number of thiazole rings is 1. The summed E-state index contributed by atoms with van der Waals surface area (Å²) in [5, 5.41) is 11.9. The van der Waals surface area contributed by atoms with Gasteiger partial charge in [-0.2, -0.15) is 0 Å². The van der Waals surface area contributed by atoms with E-state index >= 15 is 0 Å². The number of aliphatic hydroxyl groups excluding tert-OH is 1. The highest BCUT2D eigenvalue weighted by Gasteiger charge is 2.40. The molecule has 0 aliphatic carbocycles. The molecule has 1 saturated heterocycles. The molecular weight excluding hydrogens is 302 g/mol. The molecule has 2 rings (SSSR count). The maximum atomic E-state index is 12.7. The average molecular weight is 325 g/mol. The third-order valence-corrected chi connectivity index (χ3v) is 4.54. The summed E-state index contributed by atoms with van der Waals surface area (Å²) in [6.07, 6.45) is 1.94. The van der Waals surface area contributed by atoms with Crippen LogP contribution in [0.15, 0.2) is 11.6 Å². The fourth-order valence-electron chi connectivity index (χ4n) is 2.66. The van der Waals surface area contributed by atoms with E-state index in [-0.39, 0.29) is 42.8 Å². The van der Waals surface area contributed by atoms with Crippen molar-refractivity contribution in [3.8, 4) is 0 Å². The second-order valence-corrected chi connectivity index (χ2v) is 7.46. The Hall–Kier alpha value is -1.47. The summed E-state index contributed by atoms with van der Waals surface area (Å²) in [4.78, 5) is 32.4. The lowest BCUT2D eigenvalue weighted by Gasteiger charge is -2.32. The maximum absolute atomic E-state index is 12.7. The van der Waals surface area contributed by atoms with Crippen LogP contribution >= 0.6 is 11.3 Å². The molecular formula is C15H23N3O3S. The van der Waals surface area contributed by atoms with Gasteiger partial charge in [-0.3, -0.25) is 9.59 Å². The number of hydrogen-bond donors (Lipinski definition) is 1. The van der Waals surface area contributed by atoms with Crippen molar-refractivity contribution < 1.29 is 14.7 Å². The van der Waals surface area contributed by atoms with Crippen molar-refractivity contribution in [2.24, 2.45) is 5.92 Å². The second kappa shape index (κ2) is 6.75. The molecule has 1 aliphatic rings. The van der Waals surface area contributed by atoms with Crippen molar-refractivity contribution in [1.29, 1.82) is 0 Å². The molecule has 0 radical (unpaired) electrons. The van der Waals surface area contributed by atoms with Crippen LogP contribution in [0.25, 0.3) is 0 Å². The molecule has 0 bridgehead atoms. The van der Waals surface area contributed by atoms with Gasteiger partial charge in [-0.05, 0) is 20.8 Å². The molecule has 1 fully saturated rings. The molecule has 7 heteroatoms. The zero-order valence-corrected chi connectivity index (χ0v) is 14.1. The van der Waals surface area contributed by atoms with Gasteiger partial charge >= 0.3 is 0 Å². The zero-order chi connectivity index (χ0) is 16.3. The molecule has 1 aromatic rings. The molecule has 0 saturated carbocycles. The fraction of sp³-hybridized carbons (Fsp3) is 0.667. The smallest absolute Gasteiger partial charge is 0.228 e. The first-order chi connectivity index (χ1) is 10.3. The van der Waals surface area contributed by atoms with E-state index in [9.17, 15) is 14.7 Å². The van der Waals surface area contributed by atoms with E-state index in [1.165, 1.54) is 11.3 Å². The van der Waals surface area contributed by atoms with Gasteiger partial charge in [-0.15, -0.1) is 11.3 Å². The molecule has 0 aromatic carbocycles. The molecule has 6 nitrogen and oxygen atoms in total. The van der Waals surface area contributed by atoms with Crippen LogP contribution in [0.3, 0.4) is 0 Å². The van der Waals surface area contributed by atoms with Crippen LogP contribution in [0.4, 0.5) is 0 Å². The predicted octanol–water partition coefficient (Wildman–Crippen LogP) is 1.11. The highest BCUT2D eigenvalue weighted by molar-refractivity contribution is 7.09. The quantitative estimate of drug-likeness (QED) is 0.880. The normalized spacial score (nSPS) is 18.8. The molecule has 2 amide bonds. The minimum absolute atomic E-state index is 0.0176. The van der Waals surface area contributed by atoms with Gasteiger partial charge in [-0.25, -0.2) is 4.98 Å². The summed E-state index contributed by atoms with van der Waals surface area (Å²) < 4.78 is 0. The lowest BCUT2D eigenvalue weighted by molar-refractivity contribution is -0.137. The summed E-state index contributed by atoms with van der Waals surface area (Å²) in [5.74, 6) is -0.397. The van der Waals surface area contributed by atoms with Gasteiger partial charge in [0.1, 0.15) is 5.01 Å². The Bertz CT molecular complexity index is 525. The number of aromatic nitrogens is 1. The maximum Gasteiger partial charge on any atom is 0.228 e. The third-order valence-electron chi connectivity index (χ3n) is 3.78. The predicted molar refractivity (Wildman–Crippen MR) is 84.2 cm³/mol. The molecule has 1 atom stereocenters. The minimum Gasteiger partial charge on any atom is -0.395 e. The van der Waals surface area contributed by atoms with Gasteiger partial charge in [0.05, 0.1) is 19.1 Å². The number of nitrogens with zero attached hydrogens (tertiary/aromatic N) is 3. The lowest BCUT2D eigenvalue weighted by atomic mass is 10.1. The van der Waals surface area contributed by atoms with Gasteiger partial charge in [-0.1, -0.05) is 0 Å². The average Bonchev–Trinajstić information content (AvgIpc) is 3.06. The summed E-state index contributed by atoms with van der Waals surface area (Å²) >= 11 is 1.48. The first-order valence-electron chi connectivity index (χ1n) is 7.41. The molecule has 22 heavy (non-hydrogen) atoms. The molecule has 1 aromatic heterocycles. The Morgan fingerprint density at radius 2 is 2.27 bits per heavy atom. The van der Waals surface area contributed by atoms with Crippen molar-refractivity contribution in [2.75, 3.05) is 19.7 Å². The Morgan fingerprint density at radius 3 is 2.77 bits per heavy atom. The Labute approximate surface area is 134 Å². The third kappa shape index (κ3) is 3.84. The molecule has 122 valence electrons. The highest BCUT2D eigenvalue weighted by atomic mass is 32.1. The van der Waals surface area contributed by atoms with E-state index in [0.29, 0.717) is 13.1 Å². The molecule has 0 spiro atoms. The van der Waals surface area contributed by atoms with Crippen LogP contribution in [0, 0.1) is 5.92 Å². The van der Waals surface area contributed by atoms with Gasteiger partial charge in [0.25, 0.3) is 0 Å². The first kappa shape index (κ1) is 16.9. The number of aliphatic hydroxyl groups is 1. The van der Waals surface area contributed by atoms with E-state index < -0.39 is 0 Å². The Kier molecular flexibility index (Phi) is 5.18. The lowest BCUT2D eigenvalue weighted by Crippen LogP contribution is -2.44. The molecule has 1 N–H and O–H groups in total. The summed E-state index contributed by atoms with van der Waals surface area (Å²) in [5.41, 5.74) is -0.275. The van der Waals surface area contributed by atoms with E-state index in [4.69, 9.17) is 0 Å². The number of hydrogen-bond acceptors (Lipinski definition) is 5. The van der Waals surface area contributed by atoms with Crippen molar-refractivity contribution in [1.82, 2.24) is 14.8 Å². The number of amides is 2. The van der Waals surface area contributed by atoms with Crippen LogP contribution in [-0.2, 0) is 16.1 Å². The van der Waals surface area contributed by atoms with Crippen LogP contribution in [0.1, 0.15) is 32.2 Å². The van der Waals surface area contributed by atoms with Crippen LogP contribution in [-0.4, -0.2) is 56.9 Å². The van der Waals surface area contributed by atoms with Gasteiger partial charge in [0.2, 0.25) is 11.8 Å². The van der Waals surface area contributed by atoms with Crippen molar-refractivity contribution in [2.45, 2.75) is 39.3 Å². The van der Waals surface area contributed by atoms with Gasteiger partial charge in [0.15, 0.2) is 0 Å². The van der Waals surface area contributed by atoms with Crippen LogP contribution in [0.5, 0.6) is 0 Å². The topological polar surface area (TPSA) is 73.7 Å². The standard InChI is InChI=1S/C15H23N3O3S/c1-15(2,3)18-9-11(8-13(18)20)14(21)17(5-6-19)10-12-16-4-7-22-12/h4,7,11,19H,5-6,8-10H2,1-3H3. The van der Waals surface area contributed by atoms with E-state index in [1.54, 1.807) is 16.0 Å². The van der Waals surface area contributed by atoms with Gasteiger partial charge < -0.3 is 14.9 Å². The van der Waals surface area contributed by atoms with Crippen molar-refractivity contribution in [3.63, 3.8) is 0 Å². The Balaban J connectivity index is 2.06. The summed E-state index contributed by atoms with van der Waals surface area (Å²) in [6.45, 7) is 6.91. The number of carbonyl (C=O) groups is 2. The van der Waals surface area contributed by atoms with E-state index in [1.807, 2.05) is 26.2 Å². The molecule has 1 unspecified atom stereocenters. The minimum atomic E-state index is -0.335. The Morgan fingerprint density at radius 1 is 1.55 bits per heavy atom. The monoisotopic (exact) mass is 325 g/mol. The number of likely N-dealkylation sites (tertiary alicyclic amines) is 1. The largest absolute Gasteiger partial charge is 0.395 e. The summed E-state index contributed by atoms with van der Waals surface area (Å²) in [7, 11) is 0. The number of carbonyl (C=O) groups excluding carboxylic acids is 2. The van der Waals surface area contributed by atoms with Gasteiger partial charge in [0, 0.05) is 36.6 Å². The zero-order valence-electron chi connectivity index (χ0n) is 13.3. The second-order valence-electron chi connectivity index (χ2n) is 6.49. The first-order valence-corrected chi connectivity index (χ1v) is 8.29. The van der Waals surface area contributed by atoms with E-state index in [0.717, 1.165) is 5.01 Å². The fourth-order valence-corrected chi connectivity index (χ4v) is 3.29. The molecule has 2 heterocycles. The summed E-state index contributed by atoms with van der Waals surface area (Å²) in [6, 6.07) is 0. The van der Waals surface area contributed by atoms with Crippen molar-refractivity contribution >= 4 is 23.2 Å². The molecule has 1 aliphatic heterocycles. The highest BCUT2D eigenvalue weighted by Crippen LogP contribution is 2.27. The van der Waals surface area contributed by atoms with Crippen LogP contribution < -0.4 is 0 Å². The van der Waals surface area contributed by atoms with Crippen LogP contribution in [0.2, 0.25) is 0 Å². The van der Waals surface area contributed by atoms with Crippen molar-refractivity contribution in [3.05, 3.63) is 16.6 Å². The van der Waals surface area contributed by atoms with E-state index in [2.05, 4.69) is 4.98 Å². The SMILES string of the molecule is CC(C)(C)N1CC(C(=O)N(CCO)Cc2nccs2)CC1=O. The number of rotatable bonds is 5.